The number of amidine groups is 1. The molecule has 3 rings (SSSR count). The van der Waals surface area contributed by atoms with E-state index in [1.807, 2.05) is 51.1 Å². The molecule has 0 bridgehead atoms. The van der Waals surface area contributed by atoms with Crippen molar-refractivity contribution < 1.29 is 9.59 Å². The first-order valence-corrected chi connectivity index (χ1v) is 9.87. The van der Waals surface area contributed by atoms with Crippen molar-refractivity contribution in [1.82, 2.24) is 0 Å². The summed E-state index contributed by atoms with van der Waals surface area (Å²) >= 11 is 7.42. The van der Waals surface area contributed by atoms with Crippen LogP contribution in [0.2, 0.25) is 0 Å². The fourth-order valence-corrected chi connectivity index (χ4v) is 4.26. The van der Waals surface area contributed by atoms with Crippen molar-refractivity contribution in [2.75, 3.05) is 4.90 Å². The minimum Gasteiger partial charge on any atom is -0.298 e. The smallest absolute Gasteiger partial charge is 0.271 e. The number of rotatable bonds is 3. The average molecular weight is 389 g/mol. The predicted octanol–water partition coefficient (Wildman–Crippen LogP) is 4.62. The van der Waals surface area contributed by atoms with E-state index in [0.717, 1.165) is 16.8 Å². The van der Waals surface area contributed by atoms with Crippen molar-refractivity contribution in [2.24, 2.45) is 4.99 Å². The first-order valence-electron chi connectivity index (χ1n) is 8.61. The SMILES string of the molecule is Cc1ccccc1N1C(=O)/C(=C/C2=CC(Cl)C(=O)CC2)SC1=NC(C)C. The van der Waals surface area contributed by atoms with E-state index >= 15 is 0 Å². The largest absolute Gasteiger partial charge is 0.298 e. The zero-order valence-corrected chi connectivity index (χ0v) is 16.6. The maximum absolute atomic E-state index is 13.1. The molecule has 0 N–H and O–H groups in total. The highest BCUT2D eigenvalue weighted by Crippen LogP contribution is 2.37. The molecule has 0 saturated carbocycles. The zero-order valence-electron chi connectivity index (χ0n) is 15.0. The number of aliphatic imine (C=N–C) groups is 1. The van der Waals surface area contributed by atoms with Crippen LogP contribution in [0.5, 0.6) is 0 Å². The quantitative estimate of drug-likeness (QED) is 0.560. The summed E-state index contributed by atoms with van der Waals surface area (Å²) in [5, 5.41) is 0.0776. The summed E-state index contributed by atoms with van der Waals surface area (Å²) in [5.74, 6) is -0.0598. The number of Topliss-reactive ketones (excluding diaryl/α,β-unsaturated/α-hetero) is 1. The molecule has 1 amide bonds. The summed E-state index contributed by atoms with van der Waals surface area (Å²) in [4.78, 5) is 31.6. The Kier molecular flexibility index (Phi) is 5.68. The Morgan fingerprint density at radius 3 is 2.65 bits per heavy atom. The number of hydrogen-bond donors (Lipinski definition) is 0. The number of ketones is 1. The average Bonchev–Trinajstić information content (AvgIpc) is 2.86. The third-order valence-corrected chi connectivity index (χ3v) is 5.53. The van der Waals surface area contributed by atoms with Crippen LogP contribution in [0, 0.1) is 6.92 Å². The first kappa shape index (κ1) is 18.9. The summed E-state index contributed by atoms with van der Waals surface area (Å²) in [7, 11) is 0. The Morgan fingerprint density at radius 2 is 2.00 bits per heavy atom. The maximum Gasteiger partial charge on any atom is 0.271 e. The Balaban J connectivity index is 1.99. The molecule has 6 heteroatoms. The lowest BCUT2D eigenvalue weighted by molar-refractivity contribution is -0.118. The topological polar surface area (TPSA) is 49.7 Å². The first-order chi connectivity index (χ1) is 12.4. The van der Waals surface area contributed by atoms with Gasteiger partial charge >= 0.3 is 0 Å². The van der Waals surface area contributed by atoms with E-state index in [0.29, 0.717) is 22.9 Å². The van der Waals surface area contributed by atoms with Crippen LogP contribution in [-0.2, 0) is 9.59 Å². The predicted molar refractivity (Wildman–Crippen MR) is 109 cm³/mol. The molecule has 1 aliphatic carbocycles. The van der Waals surface area contributed by atoms with Gasteiger partial charge in [-0.25, -0.2) is 0 Å². The van der Waals surface area contributed by atoms with E-state index in [1.165, 1.54) is 11.8 Å². The van der Waals surface area contributed by atoms with Gasteiger partial charge in [0.05, 0.1) is 10.6 Å². The number of halogens is 1. The van der Waals surface area contributed by atoms with Crippen molar-refractivity contribution >= 4 is 45.9 Å². The minimum absolute atomic E-state index is 0.0304. The van der Waals surface area contributed by atoms with E-state index in [1.54, 1.807) is 11.0 Å². The summed E-state index contributed by atoms with van der Waals surface area (Å²) in [6.45, 7) is 5.96. The molecular weight excluding hydrogens is 368 g/mol. The van der Waals surface area contributed by atoms with Crippen LogP contribution in [0.1, 0.15) is 32.3 Å². The number of anilines is 1. The van der Waals surface area contributed by atoms with Gasteiger partial charge in [-0.1, -0.05) is 24.3 Å². The molecule has 4 nitrogen and oxygen atoms in total. The molecule has 1 aliphatic heterocycles. The van der Waals surface area contributed by atoms with E-state index in [9.17, 15) is 9.59 Å². The fourth-order valence-electron chi connectivity index (χ4n) is 2.87. The number of nitrogens with zero attached hydrogens (tertiary/aromatic N) is 2. The van der Waals surface area contributed by atoms with Gasteiger partial charge in [0.2, 0.25) is 0 Å². The standard InChI is InChI=1S/C20H21ClN2O2S/c1-12(2)22-20-23(16-7-5-4-6-13(16)3)19(25)18(26-20)11-14-8-9-17(24)15(21)10-14/h4-7,10-12,15H,8-9H2,1-3H3/b18-11-,22-20?. The van der Waals surface area contributed by atoms with Crippen LogP contribution in [0.4, 0.5) is 5.69 Å². The van der Waals surface area contributed by atoms with Gasteiger partial charge in [-0.05, 0) is 62.2 Å². The van der Waals surface area contributed by atoms with Crippen LogP contribution in [-0.4, -0.2) is 28.3 Å². The number of benzene rings is 1. The number of hydrogen-bond acceptors (Lipinski definition) is 4. The normalized spacial score (nSPS) is 24.1. The van der Waals surface area contributed by atoms with Crippen molar-refractivity contribution in [3.63, 3.8) is 0 Å². The molecule has 1 atom stereocenters. The van der Waals surface area contributed by atoms with Gasteiger partial charge < -0.3 is 0 Å². The van der Waals surface area contributed by atoms with E-state index in [-0.39, 0.29) is 17.7 Å². The molecule has 1 aromatic rings. The molecule has 1 fully saturated rings. The fraction of sp³-hybridized carbons (Fsp3) is 0.350. The van der Waals surface area contributed by atoms with E-state index in [2.05, 4.69) is 4.99 Å². The molecule has 1 unspecified atom stereocenters. The molecule has 1 heterocycles. The molecule has 26 heavy (non-hydrogen) atoms. The highest BCUT2D eigenvalue weighted by Gasteiger charge is 2.35. The highest BCUT2D eigenvalue weighted by molar-refractivity contribution is 8.19. The monoisotopic (exact) mass is 388 g/mol. The van der Waals surface area contributed by atoms with Crippen LogP contribution in [0.3, 0.4) is 0 Å². The van der Waals surface area contributed by atoms with Gasteiger partial charge in [-0.15, -0.1) is 11.6 Å². The lowest BCUT2D eigenvalue weighted by Crippen LogP contribution is -2.30. The molecule has 0 radical (unpaired) electrons. The van der Waals surface area contributed by atoms with Crippen molar-refractivity contribution in [2.45, 2.75) is 45.0 Å². The molecule has 0 aromatic heterocycles. The van der Waals surface area contributed by atoms with Crippen LogP contribution in [0.25, 0.3) is 0 Å². The number of para-hydroxylation sites is 1. The second kappa shape index (κ2) is 7.80. The van der Waals surface area contributed by atoms with Gasteiger partial charge in [-0.3, -0.25) is 19.5 Å². The minimum atomic E-state index is -0.603. The summed E-state index contributed by atoms with van der Waals surface area (Å²) in [6, 6.07) is 7.86. The number of allylic oxidation sites excluding steroid dienone is 3. The molecule has 1 aromatic carbocycles. The highest BCUT2D eigenvalue weighted by atomic mass is 35.5. The van der Waals surface area contributed by atoms with E-state index < -0.39 is 5.38 Å². The van der Waals surface area contributed by atoms with E-state index in [4.69, 9.17) is 11.6 Å². The second-order valence-corrected chi connectivity index (χ2v) is 8.13. The summed E-state index contributed by atoms with van der Waals surface area (Å²) < 4.78 is 0. The number of thioether (sulfide) groups is 1. The van der Waals surface area contributed by atoms with Crippen molar-refractivity contribution in [1.29, 1.82) is 0 Å². The van der Waals surface area contributed by atoms with Crippen molar-refractivity contribution in [3.05, 3.63) is 52.5 Å². The number of alkyl halides is 1. The Hall–Kier alpha value is -1.85. The van der Waals surface area contributed by atoms with Gasteiger partial charge in [-0.2, -0.15) is 0 Å². The molecule has 2 aliphatic rings. The molecular formula is C20H21ClN2O2S. The Morgan fingerprint density at radius 1 is 1.27 bits per heavy atom. The van der Waals surface area contributed by atoms with Gasteiger partial charge in [0.25, 0.3) is 5.91 Å². The Bertz CT molecular complexity index is 842. The summed E-state index contributed by atoms with van der Waals surface area (Å²) in [6.07, 6.45) is 4.62. The van der Waals surface area contributed by atoms with Crippen LogP contribution in [0.15, 0.2) is 51.9 Å². The molecule has 136 valence electrons. The number of carbonyl (C=O) groups is 2. The maximum atomic E-state index is 13.1. The van der Waals surface area contributed by atoms with Gasteiger partial charge in [0, 0.05) is 12.5 Å². The van der Waals surface area contributed by atoms with Crippen molar-refractivity contribution in [3.8, 4) is 0 Å². The lowest BCUT2D eigenvalue weighted by atomic mass is 9.98. The van der Waals surface area contributed by atoms with Gasteiger partial charge in [0.15, 0.2) is 11.0 Å². The molecule has 1 saturated heterocycles. The number of aryl methyl sites for hydroxylation is 1. The third-order valence-electron chi connectivity index (χ3n) is 4.18. The third kappa shape index (κ3) is 3.94. The number of amides is 1. The number of carbonyl (C=O) groups excluding carboxylic acids is 2. The zero-order chi connectivity index (χ0) is 18.8. The van der Waals surface area contributed by atoms with Crippen LogP contribution >= 0.6 is 23.4 Å². The second-order valence-electron chi connectivity index (χ2n) is 6.65. The molecule has 0 spiro atoms. The van der Waals surface area contributed by atoms with Gasteiger partial charge in [0.1, 0.15) is 5.38 Å². The summed E-state index contributed by atoms with van der Waals surface area (Å²) in [5.41, 5.74) is 2.79. The van der Waals surface area contributed by atoms with Crippen LogP contribution < -0.4 is 4.90 Å². The Labute approximate surface area is 163 Å². The lowest BCUT2D eigenvalue weighted by Gasteiger charge is -2.18.